The van der Waals surface area contributed by atoms with E-state index in [1.807, 2.05) is 24.3 Å². The summed E-state index contributed by atoms with van der Waals surface area (Å²) in [5.74, 6) is 0.747. The molecule has 0 bridgehead atoms. The third-order valence-electron chi connectivity index (χ3n) is 2.17. The second-order valence-electron chi connectivity index (χ2n) is 4.43. The summed E-state index contributed by atoms with van der Waals surface area (Å²) in [7, 11) is 1.99. The van der Waals surface area contributed by atoms with Gasteiger partial charge in [0.1, 0.15) is 0 Å². The van der Waals surface area contributed by atoms with E-state index in [0.717, 1.165) is 16.1 Å². The first-order valence-electron chi connectivity index (χ1n) is 4.83. The zero-order valence-electron chi connectivity index (χ0n) is 9.37. The molecule has 0 unspecified atom stereocenters. The van der Waals surface area contributed by atoms with E-state index in [2.05, 4.69) is 46.4 Å². The summed E-state index contributed by atoms with van der Waals surface area (Å²) in [5.41, 5.74) is 5.77. The lowest BCUT2D eigenvalue weighted by atomic mass is 9.93. The van der Waals surface area contributed by atoms with Crippen LogP contribution in [0.15, 0.2) is 12.4 Å². The fourth-order valence-electron chi connectivity index (χ4n) is 1.28. The van der Waals surface area contributed by atoms with Crippen molar-refractivity contribution < 1.29 is 0 Å². The van der Waals surface area contributed by atoms with Crippen molar-refractivity contribution in [3.05, 3.63) is 16.0 Å². The number of rotatable bonds is 4. The van der Waals surface area contributed by atoms with Crippen molar-refractivity contribution >= 4 is 28.5 Å². The normalized spacial score (nSPS) is 11.5. The van der Waals surface area contributed by atoms with E-state index in [4.69, 9.17) is 5.73 Å². The number of nitrogens with two attached hydrogens (primary N) is 1. The second kappa shape index (κ2) is 5.07. The van der Waals surface area contributed by atoms with E-state index in [-0.39, 0.29) is 5.41 Å². The van der Waals surface area contributed by atoms with E-state index in [1.165, 1.54) is 0 Å². The van der Waals surface area contributed by atoms with Crippen LogP contribution in [0.1, 0.15) is 13.8 Å². The molecule has 1 rings (SSSR count). The smallest absolute Gasteiger partial charge is 0.225 e. The number of hydrogen-bond donors (Lipinski definition) is 1. The van der Waals surface area contributed by atoms with Crippen LogP contribution in [0, 0.1) is 8.99 Å². The minimum atomic E-state index is 0.0844. The Bertz CT molecular complexity index is 310. The summed E-state index contributed by atoms with van der Waals surface area (Å²) < 4.78 is 1.04. The third kappa shape index (κ3) is 3.90. The summed E-state index contributed by atoms with van der Waals surface area (Å²) in [4.78, 5) is 10.6. The molecule has 1 aromatic heterocycles. The molecule has 0 aromatic carbocycles. The molecule has 15 heavy (non-hydrogen) atoms. The maximum atomic E-state index is 5.69. The van der Waals surface area contributed by atoms with Gasteiger partial charge >= 0.3 is 0 Å². The Morgan fingerprint density at radius 1 is 1.40 bits per heavy atom. The molecule has 4 nitrogen and oxygen atoms in total. The van der Waals surface area contributed by atoms with Crippen molar-refractivity contribution in [2.45, 2.75) is 13.8 Å². The molecule has 0 saturated heterocycles. The van der Waals surface area contributed by atoms with Gasteiger partial charge in [0.05, 0.1) is 0 Å². The first-order chi connectivity index (χ1) is 6.94. The Hall–Kier alpha value is -0.430. The van der Waals surface area contributed by atoms with Crippen molar-refractivity contribution in [2.24, 2.45) is 11.1 Å². The number of hydrogen-bond acceptors (Lipinski definition) is 4. The number of nitrogens with zero attached hydrogens (tertiary/aromatic N) is 3. The number of anilines is 1. The average Bonchev–Trinajstić information content (AvgIpc) is 2.18. The van der Waals surface area contributed by atoms with Gasteiger partial charge in [-0.25, -0.2) is 9.97 Å². The molecule has 5 heteroatoms. The van der Waals surface area contributed by atoms with Crippen molar-refractivity contribution in [1.82, 2.24) is 9.97 Å². The quantitative estimate of drug-likeness (QED) is 0.855. The highest BCUT2D eigenvalue weighted by molar-refractivity contribution is 14.1. The Kier molecular flexibility index (Phi) is 4.27. The van der Waals surface area contributed by atoms with Gasteiger partial charge in [-0.3, -0.25) is 0 Å². The zero-order valence-corrected chi connectivity index (χ0v) is 11.5. The van der Waals surface area contributed by atoms with Gasteiger partial charge < -0.3 is 10.6 Å². The van der Waals surface area contributed by atoms with Gasteiger partial charge in [0.25, 0.3) is 0 Å². The highest BCUT2D eigenvalue weighted by atomic mass is 127. The number of halogens is 1. The lowest BCUT2D eigenvalue weighted by molar-refractivity contribution is 0.383. The van der Waals surface area contributed by atoms with Gasteiger partial charge in [0, 0.05) is 29.6 Å². The maximum Gasteiger partial charge on any atom is 0.225 e. The van der Waals surface area contributed by atoms with Crippen LogP contribution in [0.25, 0.3) is 0 Å². The van der Waals surface area contributed by atoms with Crippen molar-refractivity contribution in [3.63, 3.8) is 0 Å². The van der Waals surface area contributed by atoms with E-state index in [9.17, 15) is 0 Å². The maximum absolute atomic E-state index is 5.69. The Morgan fingerprint density at radius 2 is 1.93 bits per heavy atom. The van der Waals surface area contributed by atoms with E-state index >= 15 is 0 Å². The topological polar surface area (TPSA) is 55.0 Å². The monoisotopic (exact) mass is 320 g/mol. The minimum absolute atomic E-state index is 0.0844. The molecule has 0 aliphatic carbocycles. The molecule has 0 aliphatic rings. The Morgan fingerprint density at radius 3 is 2.40 bits per heavy atom. The van der Waals surface area contributed by atoms with Crippen LogP contribution >= 0.6 is 22.6 Å². The lowest BCUT2D eigenvalue weighted by Gasteiger charge is -2.28. The van der Waals surface area contributed by atoms with E-state index in [0.29, 0.717) is 6.54 Å². The highest BCUT2D eigenvalue weighted by Gasteiger charge is 2.19. The van der Waals surface area contributed by atoms with Gasteiger partial charge in [-0.05, 0) is 34.6 Å². The molecule has 2 N–H and O–H groups in total. The van der Waals surface area contributed by atoms with Crippen LogP contribution in [0.3, 0.4) is 0 Å². The predicted molar refractivity (Wildman–Crippen MR) is 70.9 cm³/mol. The van der Waals surface area contributed by atoms with E-state index in [1.54, 1.807) is 0 Å². The van der Waals surface area contributed by atoms with Crippen LogP contribution < -0.4 is 10.6 Å². The second-order valence-corrected chi connectivity index (χ2v) is 5.67. The molecular weight excluding hydrogens is 303 g/mol. The summed E-state index contributed by atoms with van der Waals surface area (Å²) in [6, 6.07) is 0. The van der Waals surface area contributed by atoms with Gasteiger partial charge in [0.2, 0.25) is 5.95 Å². The largest absolute Gasteiger partial charge is 0.343 e. The highest BCUT2D eigenvalue weighted by Crippen LogP contribution is 2.16. The first-order valence-corrected chi connectivity index (χ1v) is 5.91. The van der Waals surface area contributed by atoms with Gasteiger partial charge in [-0.2, -0.15) is 0 Å². The average molecular weight is 320 g/mol. The van der Waals surface area contributed by atoms with E-state index < -0.39 is 0 Å². The summed E-state index contributed by atoms with van der Waals surface area (Å²) in [6.45, 7) is 5.78. The van der Waals surface area contributed by atoms with Gasteiger partial charge in [0.15, 0.2) is 0 Å². The molecule has 1 aromatic rings. The molecule has 0 fully saturated rings. The predicted octanol–water partition coefficient (Wildman–Crippen LogP) is 1.50. The SMILES string of the molecule is CN(CC(C)(C)CN)c1ncc(I)cn1. The van der Waals surface area contributed by atoms with Crippen LogP contribution in [0.5, 0.6) is 0 Å². The first kappa shape index (κ1) is 12.6. The minimum Gasteiger partial charge on any atom is -0.343 e. The van der Waals surface area contributed by atoms with Crippen molar-refractivity contribution in [1.29, 1.82) is 0 Å². The Labute approximate surface area is 104 Å². The van der Waals surface area contributed by atoms with Crippen molar-refractivity contribution in [2.75, 3.05) is 25.0 Å². The molecule has 0 aliphatic heterocycles. The molecule has 84 valence electrons. The molecule has 1 heterocycles. The van der Waals surface area contributed by atoms with Crippen LogP contribution in [0.2, 0.25) is 0 Å². The van der Waals surface area contributed by atoms with Gasteiger partial charge in [-0.15, -0.1) is 0 Å². The van der Waals surface area contributed by atoms with Crippen LogP contribution in [-0.4, -0.2) is 30.1 Å². The summed E-state index contributed by atoms with van der Waals surface area (Å²) in [5, 5.41) is 0. The van der Waals surface area contributed by atoms with Crippen LogP contribution in [-0.2, 0) is 0 Å². The summed E-state index contributed by atoms with van der Waals surface area (Å²) in [6.07, 6.45) is 3.63. The third-order valence-corrected chi connectivity index (χ3v) is 2.72. The fraction of sp³-hybridized carbons (Fsp3) is 0.600. The molecule has 0 saturated carbocycles. The van der Waals surface area contributed by atoms with Gasteiger partial charge in [-0.1, -0.05) is 13.8 Å². The van der Waals surface area contributed by atoms with Crippen LogP contribution in [0.4, 0.5) is 5.95 Å². The lowest BCUT2D eigenvalue weighted by Crippen LogP contribution is -2.37. The molecule has 0 atom stereocenters. The standard InChI is InChI=1S/C10H17IN4/c1-10(2,6-12)7-15(3)9-13-4-8(11)5-14-9/h4-5H,6-7,12H2,1-3H3. The zero-order chi connectivity index (χ0) is 11.5. The summed E-state index contributed by atoms with van der Waals surface area (Å²) >= 11 is 2.19. The molecular formula is C10H17IN4. The molecule has 0 radical (unpaired) electrons. The number of aromatic nitrogens is 2. The molecule has 0 spiro atoms. The van der Waals surface area contributed by atoms with Crippen molar-refractivity contribution in [3.8, 4) is 0 Å². The Balaban J connectivity index is 2.69. The molecule has 0 amide bonds. The fourth-order valence-corrected chi connectivity index (χ4v) is 1.56.